The number of aryl methyl sites for hydroxylation is 2. The average Bonchev–Trinajstić information content (AvgIpc) is 2.90. The zero-order valence-corrected chi connectivity index (χ0v) is 18.6. The Morgan fingerprint density at radius 3 is 2.45 bits per heavy atom. The Morgan fingerprint density at radius 2 is 1.93 bits per heavy atom. The molecule has 160 valence electrons. The van der Waals surface area contributed by atoms with Crippen molar-refractivity contribution in [2.75, 3.05) is 19.6 Å². The van der Waals surface area contributed by atoms with Crippen LogP contribution in [-0.4, -0.2) is 55.9 Å². The number of aromatic carboxylic acids is 1. The summed E-state index contributed by atoms with van der Waals surface area (Å²) >= 11 is 0. The van der Waals surface area contributed by atoms with Gasteiger partial charge in [-0.3, -0.25) is 0 Å². The van der Waals surface area contributed by atoms with Gasteiger partial charge < -0.3 is 15.1 Å². The van der Waals surface area contributed by atoms with Crippen LogP contribution < -0.4 is 0 Å². The molecule has 0 bridgehead atoms. The first-order valence-electron chi connectivity index (χ1n) is 10.7. The molecule has 1 saturated heterocycles. The van der Waals surface area contributed by atoms with Crippen molar-refractivity contribution in [3.05, 3.63) is 34.1 Å². The van der Waals surface area contributed by atoms with Crippen LogP contribution in [0.25, 0.3) is 5.52 Å². The summed E-state index contributed by atoms with van der Waals surface area (Å²) < 4.78 is 1.89. The summed E-state index contributed by atoms with van der Waals surface area (Å²) in [6, 6.07) is 2.00. The molecule has 0 amide bonds. The summed E-state index contributed by atoms with van der Waals surface area (Å²) in [4.78, 5) is 14.4. The fraction of sp³-hybridized carbons (Fsp3) is 0.652. The smallest absolute Gasteiger partial charge is 0.338 e. The Hall–Kier alpha value is -1.92. The molecule has 1 aliphatic rings. The molecule has 2 N–H and O–H groups in total. The van der Waals surface area contributed by atoms with Crippen LogP contribution in [0.5, 0.6) is 0 Å². The van der Waals surface area contributed by atoms with E-state index in [-0.39, 0.29) is 5.92 Å². The van der Waals surface area contributed by atoms with Crippen LogP contribution in [0.4, 0.5) is 0 Å². The number of rotatable bonds is 6. The molecule has 1 atom stereocenters. The molecule has 0 radical (unpaired) electrons. The minimum atomic E-state index is -0.883. The molecule has 0 saturated carbocycles. The number of piperidine rings is 1. The highest BCUT2D eigenvalue weighted by Gasteiger charge is 2.32. The molecule has 6 nitrogen and oxygen atoms in total. The third-order valence-corrected chi connectivity index (χ3v) is 6.47. The van der Waals surface area contributed by atoms with Gasteiger partial charge in [-0.25, -0.2) is 9.31 Å². The van der Waals surface area contributed by atoms with E-state index in [9.17, 15) is 15.0 Å². The summed E-state index contributed by atoms with van der Waals surface area (Å²) in [6.45, 7) is 14.5. The van der Waals surface area contributed by atoms with Crippen molar-refractivity contribution in [2.45, 2.75) is 72.3 Å². The van der Waals surface area contributed by atoms with Crippen LogP contribution in [-0.2, 0) is 6.42 Å². The van der Waals surface area contributed by atoms with Gasteiger partial charge in [0.25, 0.3) is 0 Å². The molecular weight excluding hydrogens is 366 g/mol. The molecule has 6 heteroatoms. The first-order chi connectivity index (χ1) is 13.5. The van der Waals surface area contributed by atoms with E-state index >= 15 is 0 Å². The van der Waals surface area contributed by atoms with Crippen molar-refractivity contribution < 1.29 is 15.0 Å². The molecule has 0 spiro atoms. The molecule has 1 fully saturated rings. The molecular formula is C23H35N3O3. The third kappa shape index (κ3) is 4.33. The number of carboxylic acid groups (broad SMARTS) is 1. The summed E-state index contributed by atoms with van der Waals surface area (Å²) in [6.07, 6.45) is 2.92. The zero-order chi connectivity index (χ0) is 21.5. The Kier molecular flexibility index (Phi) is 6.06. The van der Waals surface area contributed by atoms with Gasteiger partial charge in [0.15, 0.2) is 0 Å². The van der Waals surface area contributed by atoms with Crippen LogP contribution in [0, 0.1) is 19.8 Å². The maximum absolute atomic E-state index is 12.0. The minimum absolute atomic E-state index is 0.222. The van der Waals surface area contributed by atoms with Crippen LogP contribution in [0.15, 0.2) is 6.07 Å². The Morgan fingerprint density at radius 1 is 1.31 bits per heavy atom. The number of aliphatic hydroxyl groups is 1. The molecule has 3 heterocycles. The topological polar surface area (TPSA) is 78.1 Å². The van der Waals surface area contributed by atoms with Crippen molar-refractivity contribution in [1.82, 2.24) is 14.5 Å². The molecule has 2 aromatic rings. The van der Waals surface area contributed by atoms with Crippen molar-refractivity contribution in [1.29, 1.82) is 0 Å². The molecule has 29 heavy (non-hydrogen) atoms. The second-order valence-corrected chi connectivity index (χ2v) is 9.31. The highest BCUT2D eigenvalue weighted by atomic mass is 16.4. The van der Waals surface area contributed by atoms with Crippen LogP contribution >= 0.6 is 0 Å². The Balaban J connectivity index is 1.94. The normalized spacial score (nSPS) is 17.8. The fourth-order valence-electron chi connectivity index (χ4n) is 4.98. The summed E-state index contributed by atoms with van der Waals surface area (Å²) in [5.41, 5.74) is 4.33. The third-order valence-electron chi connectivity index (χ3n) is 6.47. The summed E-state index contributed by atoms with van der Waals surface area (Å²) in [5, 5.41) is 24.8. The average molecular weight is 402 g/mol. The van der Waals surface area contributed by atoms with Gasteiger partial charge in [-0.05, 0) is 83.2 Å². The first kappa shape index (κ1) is 21.8. The largest absolute Gasteiger partial charge is 0.478 e. The number of nitrogens with zero attached hydrogens (tertiary/aromatic N) is 3. The predicted molar refractivity (Wildman–Crippen MR) is 115 cm³/mol. The SMILES string of the molecule is CCc1cc2c(C(=O)O)c(C)c(C(C)C3CCN(CC(C)(C)O)CC3)n2nc1C. The molecule has 3 rings (SSSR count). The minimum Gasteiger partial charge on any atom is -0.478 e. The number of aromatic nitrogens is 2. The Labute approximate surface area is 173 Å². The highest BCUT2D eigenvalue weighted by molar-refractivity contribution is 5.98. The lowest BCUT2D eigenvalue weighted by molar-refractivity contribution is 0.0229. The number of fused-ring (bicyclic) bond motifs is 1. The van der Waals surface area contributed by atoms with Gasteiger partial charge in [-0.15, -0.1) is 0 Å². The van der Waals surface area contributed by atoms with E-state index in [1.807, 2.05) is 38.3 Å². The zero-order valence-electron chi connectivity index (χ0n) is 18.6. The van der Waals surface area contributed by atoms with Gasteiger partial charge in [0.2, 0.25) is 0 Å². The van der Waals surface area contributed by atoms with Gasteiger partial charge in [0.05, 0.1) is 22.4 Å². The van der Waals surface area contributed by atoms with Gasteiger partial charge in [-0.1, -0.05) is 13.8 Å². The second kappa shape index (κ2) is 8.07. The van der Waals surface area contributed by atoms with Gasteiger partial charge in [0.1, 0.15) is 0 Å². The molecule has 1 aliphatic heterocycles. The number of hydrogen-bond donors (Lipinski definition) is 2. The quantitative estimate of drug-likeness (QED) is 0.770. The molecule has 0 aliphatic carbocycles. The lowest BCUT2D eigenvalue weighted by atomic mass is 9.82. The second-order valence-electron chi connectivity index (χ2n) is 9.31. The number of hydrogen-bond acceptors (Lipinski definition) is 4. The number of likely N-dealkylation sites (tertiary alicyclic amines) is 1. The van der Waals surface area contributed by atoms with Crippen molar-refractivity contribution in [3.8, 4) is 0 Å². The van der Waals surface area contributed by atoms with Crippen LogP contribution in [0.1, 0.15) is 79.3 Å². The fourth-order valence-corrected chi connectivity index (χ4v) is 4.98. The summed E-state index contributed by atoms with van der Waals surface area (Å²) in [5.74, 6) is -0.190. The Bertz CT molecular complexity index is 902. The summed E-state index contributed by atoms with van der Waals surface area (Å²) in [7, 11) is 0. The maximum Gasteiger partial charge on any atom is 0.338 e. The molecule has 2 aromatic heterocycles. The standard InChI is InChI=1S/C23H35N3O3/c1-7-17-12-19-20(22(27)28)15(3)21(26(19)24-16(17)4)14(2)18-8-10-25(11-9-18)13-23(5,6)29/h12,14,18,29H,7-11,13H2,1-6H3,(H,27,28). The first-order valence-corrected chi connectivity index (χ1v) is 10.7. The van der Waals surface area contributed by atoms with Crippen molar-refractivity contribution in [2.24, 2.45) is 5.92 Å². The highest BCUT2D eigenvalue weighted by Crippen LogP contribution is 2.37. The predicted octanol–water partition coefficient (Wildman–Crippen LogP) is 3.80. The maximum atomic E-state index is 12.0. The van der Waals surface area contributed by atoms with E-state index in [0.29, 0.717) is 23.5 Å². The van der Waals surface area contributed by atoms with E-state index in [1.54, 1.807) is 0 Å². The number of carbonyl (C=O) groups is 1. The molecule has 0 aromatic carbocycles. The lowest BCUT2D eigenvalue weighted by Gasteiger charge is -2.37. The van der Waals surface area contributed by atoms with Crippen molar-refractivity contribution >= 4 is 11.5 Å². The molecule has 1 unspecified atom stereocenters. The van der Waals surface area contributed by atoms with Crippen LogP contribution in [0.3, 0.4) is 0 Å². The van der Waals surface area contributed by atoms with Crippen LogP contribution in [0.2, 0.25) is 0 Å². The lowest BCUT2D eigenvalue weighted by Crippen LogP contribution is -2.43. The van der Waals surface area contributed by atoms with E-state index in [1.165, 1.54) is 0 Å². The van der Waals surface area contributed by atoms with Gasteiger partial charge >= 0.3 is 5.97 Å². The monoisotopic (exact) mass is 401 g/mol. The number of β-amino-alcohol motifs (C(OH)–C–C–N with tert-alkyl or cyclic N) is 1. The van der Waals surface area contributed by atoms with Gasteiger partial charge in [-0.2, -0.15) is 5.10 Å². The van der Waals surface area contributed by atoms with Crippen molar-refractivity contribution in [3.63, 3.8) is 0 Å². The van der Waals surface area contributed by atoms with E-state index in [2.05, 4.69) is 18.7 Å². The van der Waals surface area contributed by atoms with E-state index in [4.69, 9.17) is 5.10 Å². The van der Waals surface area contributed by atoms with Gasteiger partial charge in [0, 0.05) is 18.2 Å². The number of carboxylic acids is 1. The van der Waals surface area contributed by atoms with E-state index < -0.39 is 11.6 Å². The van der Waals surface area contributed by atoms with E-state index in [0.717, 1.165) is 54.9 Å².